The van der Waals surface area contributed by atoms with Gasteiger partial charge in [-0.2, -0.15) is 5.10 Å². The third-order valence-corrected chi connectivity index (χ3v) is 5.17. The summed E-state index contributed by atoms with van der Waals surface area (Å²) >= 11 is 0. The van der Waals surface area contributed by atoms with E-state index in [0.717, 1.165) is 16.9 Å². The summed E-state index contributed by atoms with van der Waals surface area (Å²) in [6, 6.07) is 28.3. The molecule has 0 aliphatic heterocycles. The summed E-state index contributed by atoms with van der Waals surface area (Å²) in [7, 11) is 3.25. The molecule has 0 saturated carbocycles. The number of nitrogens with one attached hydrogen (secondary N) is 1. The van der Waals surface area contributed by atoms with E-state index < -0.39 is 0 Å². The van der Waals surface area contributed by atoms with Crippen LogP contribution in [0.1, 0.15) is 16.7 Å². The number of hydrazone groups is 1. The molecule has 0 radical (unpaired) electrons. The molecule has 4 aromatic carbocycles. The van der Waals surface area contributed by atoms with Crippen LogP contribution in [0.3, 0.4) is 0 Å². The first-order chi connectivity index (χ1) is 15.8. The summed E-state index contributed by atoms with van der Waals surface area (Å²) in [5.74, 6) is 2.22. The maximum absolute atomic E-state index is 6.06. The number of nitrogens with zero attached hydrogens (tertiary/aromatic N) is 1. The monoisotopic (exact) mass is 426 g/mol. The van der Waals surface area contributed by atoms with E-state index >= 15 is 0 Å². The lowest BCUT2D eigenvalue weighted by molar-refractivity contribution is 0.307. The van der Waals surface area contributed by atoms with Crippen LogP contribution in [0.4, 0.5) is 0 Å². The molecule has 4 aromatic rings. The lowest BCUT2D eigenvalue weighted by Crippen LogP contribution is -2.06. The predicted octanol–water partition coefficient (Wildman–Crippen LogP) is 5.56. The molecule has 162 valence electrons. The largest absolute Gasteiger partial charge is 0.493 e. The Morgan fingerprint density at radius 1 is 0.812 bits per heavy atom. The molecule has 0 unspecified atom stereocenters. The van der Waals surface area contributed by atoms with Gasteiger partial charge in [-0.1, -0.05) is 60.7 Å². The summed E-state index contributed by atoms with van der Waals surface area (Å²) in [6.07, 6.45) is 1.78. The Labute approximate surface area is 188 Å². The highest BCUT2D eigenvalue weighted by Gasteiger charge is 2.04. The Bertz CT molecular complexity index is 1220. The summed E-state index contributed by atoms with van der Waals surface area (Å²) in [5.41, 5.74) is 6.24. The molecule has 0 aromatic heterocycles. The van der Waals surface area contributed by atoms with Crippen LogP contribution in [-0.4, -0.2) is 20.4 Å². The molecule has 5 nitrogen and oxygen atoms in total. The van der Waals surface area contributed by atoms with Gasteiger partial charge in [0.25, 0.3) is 0 Å². The van der Waals surface area contributed by atoms with Crippen LogP contribution in [-0.2, 0) is 13.2 Å². The quantitative estimate of drug-likeness (QED) is 0.281. The lowest BCUT2D eigenvalue weighted by Gasteiger charge is -2.10. The zero-order chi connectivity index (χ0) is 22.2. The van der Waals surface area contributed by atoms with Crippen LogP contribution in [0.2, 0.25) is 0 Å². The second kappa shape index (κ2) is 10.4. The van der Waals surface area contributed by atoms with Crippen molar-refractivity contribution < 1.29 is 14.2 Å². The Morgan fingerprint density at radius 3 is 2.50 bits per heavy atom. The molecule has 0 bridgehead atoms. The van der Waals surface area contributed by atoms with Crippen LogP contribution >= 0.6 is 0 Å². The molecule has 32 heavy (non-hydrogen) atoms. The topological polar surface area (TPSA) is 52.1 Å². The number of fused-ring (bicyclic) bond motifs is 1. The fourth-order valence-electron chi connectivity index (χ4n) is 3.51. The number of hydrogen-bond acceptors (Lipinski definition) is 5. The molecule has 4 rings (SSSR count). The van der Waals surface area contributed by atoms with Gasteiger partial charge in [0.1, 0.15) is 12.4 Å². The zero-order valence-corrected chi connectivity index (χ0v) is 18.2. The van der Waals surface area contributed by atoms with Gasteiger partial charge >= 0.3 is 0 Å². The normalized spacial score (nSPS) is 10.9. The number of hydrogen-bond donors (Lipinski definition) is 1. The molecule has 0 amide bonds. The van der Waals surface area contributed by atoms with Crippen LogP contribution < -0.4 is 19.6 Å². The van der Waals surface area contributed by atoms with Crippen LogP contribution in [0.25, 0.3) is 10.8 Å². The highest BCUT2D eigenvalue weighted by molar-refractivity contribution is 5.85. The number of methoxy groups -OCH3 is 2. The van der Waals surface area contributed by atoms with E-state index in [4.69, 9.17) is 14.2 Å². The van der Waals surface area contributed by atoms with Crippen molar-refractivity contribution in [3.8, 4) is 17.2 Å². The Morgan fingerprint density at radius 2 is 1.62 bits per heavy atom. The van der Waals surface area contributed by atoms with Crippen molar-refractivity contribution >= 4 is 17.0 Å². The van der Waals surface area contributed by atoms with Gasteiger partial charge in [-0.3, -0.25) is 0 Å². The maximum Gasteiger partial charge on any atom is 0.161 e. The predicted molar refractivity (Wildman–Crippen MR) is 129 cm³/mol. The minimum Gasteiger partial charge on any atom is -0.493 e. The van der Waals surface area contributed by atoms with Crippen molar-refractivity contribution in [3.63, 3.8) is 0 Å². The van der Waals surface area contributed by atoms with Crippen molar-refractivity contribution in [1.29, 1.82) is 0 Å². The molecule has 5 heteroatoms. The van der Waals surface area contributed by atoms with E-state index in [1.807, 2.05) is 42.5 Å². The molecule has 0 atom stereocenters. The Hall–Kier alpha value is -3.99. The minimum atomic E-state index is 0.513. The van der Waals surface area contributed by atoms with Crippen molar-refractivity contribution in [2.45, 2.75) is 13.2 Å². The third kappa shape index (κ3) is 5.19. The summed E-state index contributed by atoms with van der Waals surface area (Å²) in [6.45, 7) is 1.09. The fraction of sp³-hybridized carbons (Fsp3) is 0.148. The fourth-order valence-corrected chi connectivity index (χ4v) is 3.51. The molecular weight excluding hydrogens is 400 g/mol. The second-order valence-electron chi connectivity index (χ2n) is 7.28. The molecule has 0 spiro atoms. The zero-order valence-electron chi connectivity index (χ0n) is 18.2. The number of rotatable bonds is 9. The highest BCUT2D eigenvalue weighted by Crippen LogP contribution is 2.27. The molecule has 0 aliphatic rings. The third-order valence-electron chi connectivity index (χ3n) is 5.17. The van der Waals surface area contributed by atoms with Crippen molar-refractivity contribution in [3.05, 3.63) is 102 Å². The SMILES string of the molecule is COc1ccc(CN/N=C/c2cccc(OCc3cccc4ccccc34)c2)cc1OC. The van der Waals surface area contributed by atoms with Crippen LogP contribution in [0.15, 0.2) is 90.0 Å². The van der Waals surface area contributed by atoms with E-state index in [-0.39, 0.29) is 0 Å². The maximum atomic E-state index is 6.06. The second-order valence-corrected chi connectivity index (χ2v) is 7.28. The molecule has 0 aliphatic carbocycles. The number of ether oxygens (including phenoxy) is 3. The van der Waals surface area contributed by atoms with Gasteiger partial charge in [-0.25, -0.2) is 0 Å². The van der Waals surface area contributed by atoms with Crippen molar-refractivity contribution in [2.24, 2.45) is 5.10 Å². The van der Waals surface area contributed by atoms with E-state index in [1.54, 1.807) is 20.4 Å². The summed E-state index contributed by atoms with van der Waals surface area (Å²) < 4.78 is 16.7. The molecule has 1 N–H and O–H groups in total. The van der Waals surface area contributed by atoms with Crippen molar-refractivity contribution in [1.82, 2.24) is 5.43 Å². The van der Waals surface area contributed by atoms with E-state index in [1.165, 1.54) is 16.3 Å². The highest BCUT2D eigenvalue weighted by atomic mass is 16.5. The molecule has 0 fully saturated rings. The van der Waals surface area contributed by atoms with Gasteiger partial charge in [0.15, 0.2) is 11.5 Å². The average Bonchev–Trinajstić information content (AvgIpc) is 2.85. The van der Waals surface area contributed by atoms with Crippen LogP contribution in [0, 0.1) is 0 Å². The first-order valence-electron chi connectivity index (χ1n) is 10.4. The van der Waals surface area contributed by atoms with Gasteiger partial charge < -0.3 is 19.6 Å². The van der Waals surface area contributed by atoms with Gasteiger partial charge in [-0.05, 0) is 51.7 Å². The van der Waals surface area contributed by atoms with E-state index in [9.17, 15) is 0 Å². The number of benzene rings is 4. The lowest BCUT2D eigenvalue weighted by atomic mass is 10.1. The van der Waals surface area contributed by atoms with E-state index in [0.29, 0.717) is 24.7 Å². The molecule has 0 saturated heterocycles. The van der Waals surface area contributed by atoms with E-state index in [2.05, 4.69) is 53.0 Å². The Balaban J connectivity index is 1.35. The molecular formula is C27H26N2O3. The Kier molecular flexibility index (Phi) is 6.88. The first-order valence-corrected chi connectivity index (χ1v) is 10.4. The van der Waals surface area contributed by atoms with Crippen molar-refractivity contribution in [2.75, 3.05) is 14.2 Å². The summed E-state index contributed by atoms with van der Waals surface area (Å²) in [4.78, 5) is 0. The first kappa shape index (κ1) is 21.2. The van der Waals surface area contributed by atoms with Gasteiger partial charge in [-0.15, -0.1) is 0 Å². The van der Waals surface area contributed by atoms with Gasteiger partial charge in [0.2, 0.25) is 0 Å². The standard InChI is InChI=1S/C27H26N2O3/c1-30-26-14-13-21(16-27(26)31-2)18-29-28-17-20-7-5-11-24(15-20)32-19-23-10-6-9-22-8-3-4-12-25(22)23/h3-17,29H,18-19H2,1-2H3/b28-17+. The minimum absolute atomic E-state index is 0.513. The van der Waals surface area contributed by atoms with Crippen LogP contribution in [0.5, 0.6) is 17.2 Å². The van der Waals surface area contributed by atoms with Gasteiger partial charge in [0, 0.05) is 0 Å². The molecule has 0 heterocycles. The average molecular weight is 427 g/mol. The smallest absolute Gasteiger partial charge is 0.161 e. The summed E-state index contributed by atoms with van der Waals surface area (Å²) in [5, 5.41) is 6.77. The van der Waals surface area contributed by atoms with Gasteiger partial charge in [0.05, 0.1) is 27.0 Å².